The second-order valence-corrected chi connectivity index (χ2v) is 4.22. The van der Waals surface area contributed by atoms with Gasteiger partial charge in [-0.05, 0) is 12.1 Å². The summed E-state index contributed by atoms with van der Waals surface area (Å²) in [5.41, 5.74) is 2.05. The van der Waals surface area contributed by atoms with E-state index in [1.165, 1.54) is 12.1 Å². The Morgan fingerprint density at radius 1 is 1.20 bits per heavy atom. The predicted molar refractivity (Wildman–Crippen MR) is 72.7 cm³/mol. The molecule has 0 fully saturated rings. The van der Waals surface area contributed by atoms with Gasteiger partial charge in [-0.1, -0.05) is 18.2 Å². The maximum atomic E-state index is 11.3. The molecule has 0 spiro atoms. The van der Waals surface area contributed by atoms with Crippen LogP contribution >= 0.6 is 0 Å². The van der Waals surface area contributed by atoms with Crippen LogP contribution < -0.4 is 0 Å². The molecular weight excluding hydrogens is 258 g/mol. The van der Waals surface area contributed by atoms with Crippen molar-refractivity contribution in [3.05, 3.63) is 64.3 Å². The van der Waals surface area contributed by atoms with Crippen LogP contribution in [0.25, 0.3) is 16.8 Å². The van der Waals surface area contributed by atoms with Crippen molar-refractivity contribution in [1.29, 1.82) is 0 Å². The number of hydrogen-bond donors (Lipinski definition) is 0. The molecule has 0 aliphatic rings. The molecule has 0 aliphatic carbocycles. The molecule has 2 aromatic heterocycles. The van der Waals surface area contributed by atoms with Crippen molar-refractivity contribution in [2.24, 2.45) is 0 Å². The highest BCUT2D eigenvalue weighted by atomic mass is 16.6. The van der Waals surface area contributed by atoms with E-state index in [0.29, 0.717) is 22.3 Å². The van der Waals surface area contributed by atoms with E-state index in [1.807, 2.05) is 0 Å². The predicted octanol–water partition coefficient (Wildman–Crippen LogP) is 2.72. The minimum absolute atomic E-state index is 0.0311. The van der Waals surface area contributed by atoms with Crippen LogP contribution in [0.3, 0.4) is 0 Å². The maximum Gasteiger partial charge on any atom is 0.270 e. The number of pyridine rings is 1. The largest absolute Gasteiger partial charge is 0.298 e. The van der Waals surface area contributed by atoms with Gasteiger partial charge in [-0.15, -0.1) is 0 Å². The smallest absolute Gasteiger partial charge is 0.270 e. The van der Waals surface area contributed by atoms with Gasteiger partial charge in [-0.3, -0.25) is 14.9 Å². The Morgan fingerprint density at radius 2 is 2.05 bits per heavy atom. The molecule has 0 N–H and O–H groups in total. The van der Waals surface area contributed by atoms with Gasteiger partial charge < -0.3 is 0 Å². The number of nitro groups is 1. The summed E-state index contributed by atoms with van der Waals surface area (Å²) in [6.45, 7) is 0. The Hall–Kier alpha value is -3.02. The number of hydrogen-bond acceptors (Lipinski definition) is 4. The highest BCUT2D eigenvalue weighted by molar-refractivity contribution is 5.94. The summed E-state index contributed by atoms with van der Waals surface area (Å²) in [6, 6.07) is 11.5. The zero-order valence-electron chi connectivity index (χ0n) is 10.3. The molecule has 20 heavy (non-hydrogen) atoms. The first-order valence-electron chi connectivity index (χ1n) is 5.88. The zero-order valence-corrected chi connectivity index (χ0v) is 10.3. The number of aldehydes is 1. The van der Waals surface area contributed by atoms with Gasteiger partial charge >= 0.3 is 0 Å². The molecule has 0 unspecified atom stereocenters. The lowest BCUT2D eigenvalue weighted by atomic mass is 10.1. The zero-order chi connectivity index (χ0) is 14.1. The van der Waals surface area contributed by atoms with Crippen molar-refractivity contribution >= 4 is 17.5 Å². The quantitative estimate of drug-likeness (QED) is 0.415. The minimum Gasteiger partial charge on any atom is -0.298 e. The lowest BCUT2D eigenvalue weighted by molar-refractivity contribution is -0.384. The fourth-order valence-electron chi connectivity index (χ4n) is 2.11. The lowest BCUT2D eigenvalue weighted by Crippen LogP contribution is -1.90. The van der Waals surface area contributed by atoms with Crippen LogP contribution in [0.4, 0.5) is 5.69 Å². The third-order valence-electron chi connectivity index (χ3n) is 3.03. The maximum absolute atomic E-state index is 11.3. The van der Waals surface area contributed by atoms with E-state index >= 15 is 0 Å². The van der Waals surface area contributed by atoms with Gasteiger partial charge in [-0.2, -0.15) is 5.10 Å². The number of fused-ring (bicyclic) bond motifs is 1. The monoisotopic (exact) mass is 267 g/mol. The van der Waals surface area contributed by atoms with E-state index < -0.39 is 4.92 Å². The van der Waals surface area contributed by atoms with Gasteiger partial charge in [0.15, 0.2) is 6.29 Å². The number of carbonyl (C=O) groups is 1. The average Bonchev–Trinajstić information content (AvgIpc) is 2.86. The number of non-ortho nitro benzene ring substituents is 1. The molecular formula is C14H9N3O3. The first-order valence-corrected chi connectivity index (χ1v) is 5.88. The third kappa shape index (κ3) is 1.83. The number of aromatic nitrogens is 2. The van der Waals surface area contributed by atoms with Crippen LogP contribution in [-0.4, -0.2) is 20.8 Å². The van der Waals surface area contributed by atoms with Crippen LogP contribution in [0.2, 0.25) is 0 Å². The van der Waals surface area contributed by atoms with E-state index in [9.17, 15) is 14.9 Å². The summed E-state index contributed by atoms with van der Waals surface area (Å²) >= 11 is 0. The highest BCUT2D eigenvalue weighted by Gasteiger charge is 2.15. The normalized spacial score (nSPS) is 10.6. The first-order chi connectivity index (χ1) is 9.70. The molecule has 0 radical (unpaired) electrons. The van der Waals surface area contributed by atoms with Crippen molar-refractivity contribution < 1.29 is 9.72 Å². The summed E-state index contributed by atoms with van der Waals surface area (Å²) in [6.07, 6.45) is 2.44. The molecule has 0 bridgehead atoms. The van der Waals surface area contributed by atoms with E-state index in [4.69, 9.17) is 0 Å². The Labute approximate surface area is 113 Å². The Bertz CT molecular complexity index is 823. The SMILES string of the molecule is O=Cc1c(-c2cccc([N+](=O)[O-])c2)nn2ccccc12. The molecule has 0 saturated heterocycles. The van der Waals surface area contributed by atoms with Gasteiger partial charge in [0.25, 0.3) is 5.69 Å². The second-order valence-electron chi connectivity index (χ2n) is 4.22. The van der Waals surface area contributed by atoms with Crippen LogP contribution in [-0.2, 0) is 0 Å². The van der Waals surface area contributed by atoms with Crippen molar-refractivity contribution in [3.8, 4) is 11.3 Å². The average molecular weight is 267 g/mol. The number of nitro benzene ring substituents is 1. The molecule has 0 amide bonds. The van der Waals surface area contributed by atoms with Crippen LogP contribution in [0.5, 0.6) is 0 Å². The molecule has 1 aromatic carbocycles. The summed E-state index contributed by atoms with van der Waals surface area (Å²) in [5.74, 6) is 0. The van der Waals surface area contributed by atoms with Crippen molar-refractivity contribution in [1.82, 2.24) is 9.61 Å². The Balaban J connectivity index is 2.26. The van der Waals surface area contributed by atoms with Gasteiger partial charge in [0.1, 0.15) is 5.69 Å². The summed E-state index contributed by atoms with van der Waals surface area (Å²) in [7, 11) is 0. The fourth-order valence-corrected chi connectivity index (χ4v) is 2.11. The Kier molecular flexibility index (Phi) is 2.76. The third-order valence-corrected chi connectivity index (χ3v) is 3.03. The molecule has 3 aromatic rings. The first kappa shape index (κ1) is 12.0. The standard InChI is InChI=1S/C14H9N3O3/c18-9-12-13-6-1-2-7-16(13)15-14(12)10-4-3-5-11(8-10)17(19)20/h1-9H. The Morgan fingerprint density at radius 3 is 2.80 bits per heavy atom. The molecule has 0 aliphatic heterocycles. The van der Waals surface area contributed by atoms with Crippen molar-refractivity contribution in [2.75, 3.05) is 0 Å². The van der Waals surface area contributed by atoms with Crippen LogP contribution in [0, 0.1) is 10.1 Å². The number of benzene rings is 1. The fraction of sp³-hybridized carbons (Fsp3) is 0. The summed E-state index contributed by atoms with van der Waals surface area (Å²) < 4.78 is 1.58. The van der Waals surface area contributed by atoms with E-state index in [0.717, 1.165) is 6.29 Å². The van der Waals surface area contributed by atoms with Gasteiger partial charge in [0.05, 0.1) is 16.0 Å². The topological polar surface area (TPSA) is 77.5 Å². The second kappa shape index (κ2) is 4.58. The van der Waals surface area contributed by atoms with E-state index in [1.54, 1.807) is 41.0 Å². The summed E-state index contributed by atoms with van der Waals surface area (Å²) in [5, 5.41) is 15.1. The molecule has 2 heterocycles. The van der Waals surface area contributed by atoms with Crippen molar-refractivity contribution in [3.63, 3.8) is 0 Å². The molecule has 0 saturated carbocycles. The molecule has 0 atom stereocenters. The van der Waals surface area contributed by atoms with Crippen molar-refractivity contribution in [2.45, 2.75) is 0 Å². The van der Waals surface area contributed by atoms with E-state index in [2.05, 4.69) is 5.10 Å². The molecule has 3 rings (SSSR count). The van der Waals surface area contributed by atoms with Crippen LogP contribution in [0.15, 0.2) is 48.7 Å². The van der Waals surface area contributed by atoms with Gasteiger partial charge in [-0.25, -0.2) is 4.52 Å². The van der Waals surface area contributed by atoms with E-state index in [-0.39, 0.29) is 5.69 Å². The number of rotatable bonds is 3. The lowest BCUT2D eigenvalue weighted by Gasteiger charge is -1.97. The summed E-state index contributed by atoms with van der Waals surface area (Å²) in [4.78, 5) is 21.7. The van der Waals surface area contributed by atoms with Crippen LogP contribution in [0.1, 0.15) is 10.4 Å². The van der Waals surface area contributed by atoms with Gasteiger partial charge in [0.2, 0.25) is 0 Å². The minimum atomic E-state index is -0.472. The highest BCUT2D eigenvalue weighted by Crippen LogP contribution is 2.27. The molecule has 6 heteroatoms. The molecule has 98 valence electrons. The van der Waals surface area contributed by atoms with Gasteiger partial charge in [0, 0.05) is 23.9 Å². The number of carbonyl (C=O) groups excluding carboxylic acids is 1. The number of nitrogens with zero attached hydrogens (tertiary/aromatic N) is 3. The molecule has 6 nitrogen and oxygen atoms in total.